The largest absolute Gasteiger partial charge is 0.416 e. The first-order chi connectivity index (χ1) is 12.6. The standard InChI is InChI=1S/C19H21ClF3N3O/c1-12-15(16(20)26(2)25-12)17(27)24-11-18(8-3-4-9-18)13-6-5-7-14(10-13)19(21,22)23/h5-7,10H,3-4,8-9,11H2,1-2H3,(H,24,27). The zero-order valence-corrected chi connectivity index (χ0v) is 15.9. The average molecular weight is 400 g/mol. The molecule has 1 aromatic carbocycles. The predicted octanol–water partition coefficient (Wildman–Crippen LogP) is 4.64. The summed E-state index contributed by atoms with van der Waals surface area (Å²) < 4.78 is 40.8. The molecule has 0 radical (unpaired) electrons. The molecule has 1 aliphatic rings. The monoisotopic (exact) mass is 399 g/mol. The van der Waals surface area contributed by atoms with E-state index in [9.17, 15) is 18.0 Å². The fourth-order valence-corrected chi connectivity index (χ4v) is 4.13. The third kappa shape index (κ3) is 3.83. The normalized spacial score (nSPS) is 16.5. The van der Waals surface area contributed by atoms with Crippen LogP contribution in [0.1, 0.15) is 52.9 Å². The Labute approximate surface area is 160 Å². The highest BCUT2D eigenvalue weighted by atomic mass is 35.5. The Hall–Kier alpha value is -2.02. The average Bonchev–Trinajstić information content (AvgIpc) is 3.18. The van der Waals surface area contributed by atoms with Crippen LogP contribution in [-0.4, -0.2) is 22.2 Å². The zero-order valence-electron chi connectivity index (χ0n) is 15.2. The van der Waals surface area contributed by atoms with Crippen LogP contribution in [0, 0.1) is 6.92 Å². The zero-order chi connectivity index (χ0) is 19.8. The number of carbonyl (C=O) groups excluding carboxylic acids is 1. The second-order valence-corrected chi connectivity index (χ2v) is 7.48. The maximum Gasteiger partial charge on any atom is 0.416 e. The van der Waals surface area contributed by atoms with Crippen molar-refractivity contribution in [1.29, 1.82) is 0 Å². The highest BCUT2D eigenvalue weighted by Gasteiger charge is 2.38. The number of benzene rings is 1. The maximum atomic E-state index is 13.1. The fraction of sp³-hybridized carbons (Fsp3) is 0.474. The molecule has 0 unspecified atom stereocenters. The van der Waals surface area contributed by atoms with Gasteiger partial charge in [0.25, 0.3) is 5.91 Å². The van der Waals surface area contributed by atoms with Crippen LogP contribution >= 0.6 is 11.6 Å². The first-order valence-corrected chi connectivity index (χ1v) is 9.17. The van der Waals surface area contributed by atoms with Gasteiger partial charge in [-0.15, -0.1) is 0 Å². The van der Waals surface area contributed by atoms with Gasteiger partial charge in [0, 0.05) is 19.0 Å². The van der Waals surface area contributed by atoms with Crippen molar-refractivity contribution in [2.45, 2.75) is 44.2 Å². The van der Waals surface area contributed by atoms with Crippen LogP contribution in [0.25, 0.3) is 0 Å². The summed E-state index contributed by atoms with van der Waals surface area (Å²) in [4.78, 5) is 12.6. The van der Waals surface area contributed by atoms with Gasteiger partial charge in [-0.05, 0) is 31.4 Å². The SMILES string of the molecule is Cc1nn(C)c(Cl)c1C(=O)NCC1(c2cccc(C(F)(F)F)c2)CCCC1. The number of rotatable bonds is 4. The van der Waals surface area contributed by atoms with E-state index in [4.69, 9.17) is 11.6 Å². The Kier molecular flexibility index (Phi) is 5.25. The summed E-state index contributed by atoms with van der Waals surface area (Å²) in [6.07, 6.45) is -1.10. The minimum Gasteiger partial charge on any atom is -0.351 e. The molecule has 4 nitrogen and oxygen atoms in total. The lowest BCUT2D eigenvalue weighted by atomic mass is 9.78. The van der Waals surface area contributed by atoms with Crippen molar-refractivity contribution in [1.82, 2.24) is 15.1 Å². The third-order valence-electron chi connectivity index (χ3n) is 5.33. The van der Waals surface area contributed by atoms with Gasteiger partial charge in [0.05, 0.1) is 16.8 Å². The number of alkyl halides is 3. The maximum absolute atomic E-state index is 13.1. The van der Waals surface area contributed by atoms with Gasteiger partial charge in [0.1, 0.15) is 5.15 Å². The van der Waals surface area contributed by atoms with Crippen molar-refractivity contribution in [3.05, 3.63) is 51.8 Å². The number of halogens is 4. The third-order valence-corrected chi connectivity index (χ3v) is 5.76. The van der Waals surface area contributed by atoms with Crippen LogP contribution < -0.4 is 5.32 Å². The molecule has 3 rings (SSSR count). The number of aryl methyl sites for hydroxylation is 2. The van der Waals surface area contributed by atoms with E-state index in [-0.39, 0.29) is 17.6 Å². The van der Waals surface area contributed by atoms with Gasteiger partial charge >= 0.3 is 6.18 Å². The number of nitrogens with one attached hydrogen (secondary N) is 1. The van der Waals surface area contributed by atoms with Crippen molar-refractivity contribution in [2.24, 2.45) is 7.05 Å². The number of hydrogen-bond acceptors (Lipinski definition) is 2. The minimum atomic E-state index is -4.39. The van der Waals surface area contributed by atoms with E-state index < -0.39 is 17.2 Å². The highest BCUT2D eigenvalue weighted by Crippen LogP contribution is 2.42. The van der Waals surface area contributed by atoms with Gasteiger partial charge in [0.15, 0.2) is 0 Å². The summed E-state index contributed by atoms with van der Waals surface area (Å²) >= 11 is 6.14. The molecule has 1 amide bonds. The Bertz CT molecular complexity index is 854. The molecule has 1 fully saturated rings. The molecular weight excluding hydrogens is 379 g/mol. The number of hydrogen-bond donors (Lipinski definition) is 1. The van der Waals surface area contributed by atoms with Gasteiger partial charge in [0.2, 0.25) is 0 Å². The number of amides is 1. The van der Waals surface area contributed by atoms with E-state index in [2.05, 4.69) is 10.4 Å². The van der Waals surface area contributed by atoms with Crippen molar-refractivity contribution in [2.75, 3.05) is 6.54 Å². The van der Waals surface area contributed by atoms with Crippen molar-refractivity contribution < 1.29 is 18.0 Å². The van der Waals surface area contributed by atoms with E-state index >= 15 is 0 Å². The lowest BCUT2D eigenvalue weighted by Gasteiger charge is -2.30. The smallest absolute Gasteiger partial charge is 0.351 e. The van der Waals surface area contributed by atoms with Gasteiger partial charge in [-0.3, -0.25) is 9.48 Å². The van der Waals surface area contributed by atoms with Crippen LogP contribution in [0.15, 0.2) is 24.3 Å². The first kappa shape index (κ1) is 19.7. The molecule has 1 N–H and O–H groups in total. The summed E-state index contributed by atoms with van der Waals surface area (Å²) in [5, 5.41) is 7.24. The molecule has 0 aliphatic heterocycles. The summed E-state index contributed by atoms with van der Waals surface area (Å²) in [5.41, 5.74) is 0.267. The molecule has 1 saturated carbocycles. The molecule has 1 aliphatic carbocycles. The predicted molar refractivity (Wildman–Crippen MR) is 96.9 cm³/mol. The molecule has 27 heavy (non-hydrogen) atoms. The minimum absolute atomic E-state index is 0.240. The van der Waals surface area contributed by atoms with E-state index in [0.717, 1.165) is 31.7 Å². The van der Waals surface area contributed by atoms with Crippen molar-refractivity contribution >= 4 is 17.5 Å². The fourth-order valence-electron chi connectivity index (χ4n) is 3.87. The van der Waals surface area contributed by atoms with Crippen LogP contribution in [0.4, 0.5) is 13.2 Å². The highest BCUT2D eigenvalue weighted by molar-refractivity contribution is 6.33. The molecule has 0 bridgehead atoms. The van der Waals surface area contributed by atoms with Crippen LogP contribution in [0.2, 0.25) is 5.15 Å². The first-order valence-electron chi connectivity index (χ1n) is 8.79. The lowest BCUT2D eigenvalue weighted by molar-refractivity contribution is -0.137. The summed E-state index contributed by atoms with van der Waals surface area (Å²) in [5.74, 6) is -0.358. The summed E-state index contributed by atoms with van der Waals surface area (Å²) in [6, 6.07) is 5.43. The number of nitrogens with zero attached hydrogens (tertiary/aromatic N) is 2. The second-order valence-electron chi connectivity index (χ2n) is 7.12. The topological polar surface area (TPSA) is 46.9 Å². The molecular formula is C19H21ClF3N3O. The Morgan fingerprint density at radius 1 is 1.33 bits per heavy atom. The van der Waals surface area contributed by atoms with Gasteiger partial charge < -0.3 is 5.32 Å². The molecule has 1 aromatic heterocycles. The van der Waals surface area contributed by atoms with Crippen molar-refractivity contribution in [3.63, 3.8) is 0 Å². The van der Waals surface area contributed by atoms with Crippen LogP contribution in [-0.2, 0) is 18.6 Å². The Morgan fingerprint density at radius 3 is 2.56 bits per heavy atom. The lowest BCUT2D eigenvalue weighted by Crippen LogP contribution is -2.39. The molecule has 0 saturated heterocycles. The number of carbonyl (C=O) groups is 1. The molecule has 1 heterocycles. The summed E-state index contributed by atoms with van der Waals surface area (Å²) in [6.45, 7) is 1.96. The molecule has 146 valence electrons. The van der Waals surface area contributed by atoms with Gasteiger partial charge in [-0.1, -0.05) is 42.6 Å². The van der Waals surface area contributed by atoms with Crippen molar-refractivity contribution in [3.8, 4) is 0 Å². The number of aromatic nitrogens is 2. The molecule has 8 heteroatoms. The van der Waals surface area contributed by atoms with E-state index in [0.29, 0.717) is 16.8 Å². The second kappa shape index (κ2) is 7.19. The Balaban J connectivity index is 1.85. The van der Waals surface area contributed by atoms with Gasteiger partial charge in [-0.2, -0.15) is 18.3 Å². The quantitative estimate of drug-likeness (QED) is 0.814. The Morgan fingerprint density at radius 2 is 2.00 bits per heavy atom. The van der Waals surface area contributed by atoms with E-state index in [1.807, 2.05) is 0 Å². The van der Waals surface area contributed by atoms with Crippen LogP contribution in [0.5, 0.6) is 0 Å². The molecule has 2 aromatic rings. The van der Waals surface area contributed by atoms with Crippen LogP contribution in [0.3, 0.4) is 0 Å². The van der Waals surface area contributed by atoms with E-state index in [1.54, 1.807) is 20.0 Å². The summed E-state index contributed by atoms with van der Waals surface area (Å²) in [7, 11) is 1.65. The van der Waals surface area contributed by atoms with E-state index in [1.165, 1.54) is 16.8 Å². The molecule has 0 spiro atoms. The van der Waals surface area contributed by atoms with Gasteiger partial charge in [-0.25, -0.2) is 0 Å². The molecule has 0 atom stereocenters.